The molecule has 0 heterocycles. The molecule has 0 N–H and O–H groups in total. The molecule has 0 bridgehead atoms. The fraction of sp³-hybridized carbons (Fsp3) is 0.611. The van der Waals surface area contributed by atoms with E-state index in [9.17, 15) is 0 Å². The van der Waals surface area contributed by atoms with Gasteiger partial charge in [-0.25, -0.2) is 0 Å². The Hall–Kier alpha value is -1.53. The van der Waals surface area contributed by atoms with Crippen molar-refractivity contribution in [3.63, 3.8) is 0 Å². The van der Waals surface area contributed by atoms with Crippen LogP contribution in [0.25, 0.3) is 0 Å². The molecule has 21 heavy (non-hydrogen) atoms. The van der Waals surface area contributed by atoms with Crippen molar-refractivity contribution in [3.05, 3.63) is 29.8 Å². The van der Waals surface area contributed by atoms with Crippen LogP contribution in [0, 0.1) is 16.7 Å². The molecule has 3 nitrogen and oxygen atoms in total. The van der Waals surface area contributed by atoms with Gasteiger partial charge in [0, 0.05) is 12.6 Å². The predicted molar refractivity (Wildman–Crippen MR) is 85.3 cm³/mol. The minimum Gasteiger partial charge on any atom is -0.492 e. The van der Waals surface area contributed by atoms with Crippen LogP contribution in [0.3, 0.4) is 0 Å². The molecule has 1 fully saturated rings. The zero-order valence-electron chi connectivity index (χ0n) is 13.4. The highest BCUT2D eigenvalue weighted by molar-refractivity contribution is 5.34. The molecule has 0 radical (unpaired) electrons. The summed E-state index contributed by atoms with van der Waals surface area (Å²) in [5.41, 5.74) is 1.19. The molecular formula is C18H26N2O. The largest absolute Gasteiger partial charge is 0.492 e. The molecule has 0 aliphatic heterocycles. The lowest BCUT2D eigenvalue weighted by atomic mass is 9.75. The average molecular weight is 286 g/mol. The molecule has 3 heteroatoms. The van der Waals surface area contributed by atoms with Crippen molar-refractivity contribution in [3.8, 4) is 11.8 Å². The second-order valence-corrected chi connectivity index (χ2v) is 6.86. The summed E-state index contributed by atoms with van der Waals surface area (Å²) >= 11 is 0. The third kappa shape index (κ3) is 4.75. The summed E-state index contributed by atoms with van der Waals surface area (Å²) in [6.07, 6.45) is 5.22. The number of hydrogen-bond donors (Lipinski definition) is 0. The maximum atomic E-state index is 8.76. The van der Waals surface area contributed by atoms with Crippen molar-refractivity contribution in [1.82, 2.24) is 4.90 Å². The van der Waals surface area contributed by atoms with Gasteiger partial charge in [0.1, 0.15) is 12.4 Å². The lowest BCUT2D eigenvalue weighted by molar-refractivity contribution is 0.114. The maximum Gasteiger partial charge on any atom is 0.119 e. The first kappa shape index (κ1) is 15.9. The zero-order chi connectivity index (χ0) is 15.3. The topological polar surface area (TPSA) is 36.3 Å². The molecule has 0 aromatic heterocycles. The van der Waals surface area contributed by atoms with E-state index >= 15 is 0 Å². The van der Waals surface area contributed by atoms with Crippen LogP contribution in [0.5, 0.6) is 5.75 Å². The molecule has 1 aliphatic rings. The first-order valence-corrected chi connectivity index (χ1v) is 7.83. The highest BCUT2D eigenvalue weighted by atomic mass is 16.5. The number of rotatable bonds is 5. The molecule has 1 saturated carbocycles. The normalized spacial score (nSPS) is 18.4. The molecule has 0 atom stereocenters. The molecular weight excluding hydrogens is 260 g/mol. The Kier molecular flexibility index (Phi) is 5.25. The van der Waals surface area contributed by atoms with E-state index in [-0.39, 0.29) is 0 Å². The van der Waals surface area contributed by atoms with Crippen LogP contribution < -0.4 is 4.74 Å². The lowest BCUT2D eigenvalue weighted by Gasteiger charge is -2.38. The molecule has 2 rings (SSSR count). The zero-order valence-corrected chi connectivity index (χ0v) is 13.4. The molecule has 0 amide bonds. The minimum atomic E-state index is 0.524. The van der Waals surface area contributed by atoms with Gasteiger partial charge in [0.2, 0.25) is 0 Å². The van der Waals surface area contributed by atoms with Gasteiger partial charge in [-0.2, -0.15) is 5.26 Å². The average Bonchev–Trinajstić information content (AvgIpc) is 2.47. The van der Waals surface area contributed by atoms with Gasteiger partial charge < -0.3 is 9.64 Å². The van der Waals surface area contributed by atoms with Gasteiger partial charge in [-0.15, -0.1) is 0 Å². The van der Waals surface area contributed by atoms with Gasteiger partial charge in [-0.1, -0.05) is 13.8 Å². The summed E-state index contributed by atoms with van der Waals surface area (Å²) in [7, 11) is 2.20. The van der Waals surface area contributed by atoms with Crippen LogP contribution in [0.15, 0.2) is 24.3 Å². The summed E-state index contributed by atoms with van der Waals surface area (Å²) in [5.74, 6) is 0.840. The number of hydrogen-bond acceptors (Lipinski definition) is 3. The SMILES string of the molecule is CN(CCOc1ccc(C#N)cc1)C1CCC(C)(C)CC1. The van der Waals surface area contributed by atoms with Crippen LogP contribution in [-0.4, -0.2) is 31.1 Å². The summed E-state index contributed by atoms with van der Waals surface area (Å²) in [4.78, 5) is 2.43. The number of nitrogens with zero attached hydrogens (tertiary/aromatic N) is 2. The Morgan fingerprint density at radius 3 is 2.43 bits per heavy atom. The molecule has 1 aliphatic carbocycles. The van der Waals surface area contributed by atoms with Crippen molar-refractivity contribution < 1.29 is 4.74 Å². The van der Waals surface area contributed by atoms with Crippen LogP contribution >= 0.6 is 0 Å². The maximum absolute atomic E-state index is 8.76. The fourth-order valence-corrected chi connectivity index (χ4v) is 2.94. The Morgan fingerprint density at radius 2 is 1.86 bits per heavy atom. The summed E-state index contributed by atoms with van der Waals surface area (Å²) in [5, 5.41) is 8.76. The third-order valence-corrected chi connectivity index (χ3v) is 4.63. The van der Waals surface area contributed by atoms with Crippen molar-refractivity contribution in [2.45, 2.75) is 45.6 Å². The number of benzene rings is 1. The first-order valence-electron chi connectivity index (χ1n) is 7.83. The molecule has 1 aromatic rings. The van der Waals surface area contributed by atoms with E-state index in [1.807, 2.05) is 12.1 Å². The first-order chi connectivity index (χ1) is 10.00. The van der Waals surface area contributed by atoms with Crippen LogP contribution in [0.2, 0.25) is 0 Å². The molecule has 0 spiro atoms. The molecule has 0 saturated heterocycles. The minimum absolute atomic E-state index is 0.524. The van der Waals surface area contributed by atoms with Gasteiger partial charge in [0.05, 0.1) is 11.6 Å². The van der Waals surface area contributed by atoms with E-state index in [0.717, 1.165) is 12.3 Å². The van der Waals surface area contributed by atoms with Crippen molar-refractivity contribution in [2.75, 3.05) is 20.2 Å². The van der Waals surface area contributed by atoms with E-state index in [4.69, 9.17) is 10.00 Å². The summed E-state index contributed by atoms with van der Waals surface area (Å²) in [6.45, 7) is 6.39. The number of nitriles is 1. The van der Waals surface area contributed by atoms with Crippen LogP contribution in [0.1, 0.15) is 45.1 Å². The van der Waals surface area contributed by atoms with E-state index in [1.54, 1.807) is 12.1 Å². The Bertz CT molecular complexity index is 477. The standard InChI is InChI=1S/C18H26N2O/c1-18(2)10-8-16(9-11-18)20(3)12-13-21-17-6-4-15(14-19)5-7-17/h4-7,16H,8-13H2,1-3H3. The monoisotopic (exact) mass is 286 g/mol. The van der Waals surface area contributed by atoms with Crippen molar-refractivity contribution in [1.29, 1.82) is 5.26 Å². The highest BCUT2D eigenvalue weighted by Gasteiger charge is 2.28. The van der Waals surface area contributed by atoms with Gasteiger partial charge in [-0.05, 0) is 62.4 Å². The van der Waals surface area contributed by atoms with Gasteiger partial charge in [0.15, 0.2) is 0 Å². The van der Waals surface area contributed by atoms with E-state index in [1.165, 1.54) is 25.7 Å². The number of likely N-dealkylation sites (N-methyl/N-ethyl adjacent to an activating group) is 1. The highest BCUT2D eigenvalue weighted by Crippen LogP contribution is 2.36. The predicted octanol–water partition coefficient (Wildman–Crippen LogP) is 3.84. The van der Waals surface area contributed by atoms with E-state index in [0.29, 0.717) is 23.6 Å². The lowest BCUT2D eigenvalue weighted by Crippen LogP contribution is -2.39. The van der Waals surface area contributed by atoms with Crippen LogP contribution in [0.4, 0.5) is 0 Å². The van der Waals surface area contributed by atoms with E-state index < -0.39 is 0 Å². The number of ether oxygens (including phenoxy) is 1. The van der Waals surface area contributed by atoms with Crippen LogP contribution in [-0.2, 0) is 0 Å². The van der Waals surface area contributed by atoms with Gasteiger partial charge in [0.25, 0.3) is 0 Å². The third-order valence-electron chi connectivity index (χ3n) is 4.63. The molecule has 114 valence electrons. The Morgan fingerprint density at radius 1 is 1.24 bits per heavy atom. The summed E-state index contributed by atoms with van der Waals surface area (Å²) < 4.78 is 5.76. The van der Waals surface area contributed by atoms with Gasteiger partial charge >= 0.3 is 0 Å². The van der Waals surface area contributed by atoms with Crippen molar-refractivity contribution >= 4 is 0 Å². The molecule has 0 unspecified atom stereocenters. The fourth-order valence-electron chi connectivity index (χ4n) is 2.94. The molecule has 1 aromatic carbocycles. The Labute approximate surface area is 128 Å². The second kappa shape index (κ2) is 6.95. The summed E-state index contributed by atoms with van der Waals surface area (Å²) in [6, 6.07) is 10.1. The quantitative estimate of drug-likeness (QED) is 0.825. The van der Waals surface area contributed by atoms with Gasteiger partial charge in [-0.3, -0.25) is 0 Å². The van der Waals surface area contributed by atoms with Crippen molar-refractivity contribution in [2.24, 2.45) is 5.41 Å². The Balaban J connectivity index is 1.72. The smallest absolute Gasteiger partial charge is 0.119 e. The van der Waals surface area contributed by atoms with E-state index in [2.05, 4.69) is 31.9 Å². The second-order valence-electron chi connectivity index (χ2n) is 6.86.